The van der Waals surface area contributed by atoms with E-state index >= 15 is 0 Å². The molecule has 0 radical (unpaired) electrons. The lowest BCUT2D eigenvalue weighted by molar-refractivity contribution is -0.120. The van der Waals surface area contributed by atoms with Crippen LogP contribution in [-0.4, -0.2) is 26.6 Å². The maximum absolute atomic E-state index is 12.7. The van der Waals surface area contributed by atoms with Crippen molar-refractivity contribution in [2.75, 3.05) is 5.88 Å². The van der Waals surface area contributed by atoms with E-state index < -0.39 is 0 Å². The summed E-state index contributed by atoms with van der Waals surface area (Å²) in [6.45, 7) is 0.559. The summed E-state index contributed by atoms with van der Waals surface area (Å²) < 4.78 is 1.41. The van der Waals surface area contributed by atoms with Gasteiger partial charge in [-0.1, -0.05) is 24.3 Å². The first-order valence-electron chi connectivity index (χ1n) is 7.89. The first-order valence-corrected chi connectivity index (χ1v) is 8.43. The molecule has 0 aliphatic rings. The second-order valence-electron chi connectivity index (χ2n) is 5.53. The Morgan fingerprint density at radius 2 is 1.96 bits per heavy atom. The highest BCUT2D eigenvalue weighted by Crippen LogP contribution is 2.13. The summed E-state index contributed by atoms with van der Waals surface area (Å²) >= 11 is 5.58. The van der Waals surface area contributed by atoms with Crippen LogP contribution in [0.15, 0.2) is 53.6 Å². The minimum Gasteiger partial charge on any atom is -0.350 e. The van der Waals surface area contributed by atoms with Gasteiger partial charge >= 0.3 is 0 Å². The molecule has 2 heterocycles. The molecule has 0 aliphatic carbocycles. The monoisotopic (exact) mass is 356 g/mol. The Morgan fingerprint density at radius 3 is 2.68 bits per heavy atom. The van der Waals surface area contributed by atoms with Crippen LogP contribution in [0.25, 0.3) is 10.8 Å². The van der Waals surface area contributed by atoms with Crippen LogP contribution in [0.3, 0.4) is 0 Å². The van der Waals surface area contributed by atoms with Gasteiger partial charge in [0.15, 0.2) is 0 Å². The molecule has 0 spiro atoms. The van der Waals surface area contributed by atoms with Crippen LogP contribution in [-0.2, 0) is 17.9 Å². The van der Waals surface area contributed by atoms with E-state index in [1.165, 1.54) is 4.68 Å². The highest BCUT2D eigenvalue weighted by molar-refractivity contribution is 6.18. The Bertz CT molecular complexity index is 941. The molecule has 0 unspecified atom stereocenters. The van der Waals surface area contributed by atoms with Crippen molar-refractivity contribution in [3.8, 4) is 0 Å². The van der Waals surface area contributed by atoms with Crippen molar-refractivity contribution >= 4 is 28.3 Å². The fourth-order valence-electron chi connectivity index (χ4n) is 2.56. The van der Waals surface area contributed by atoms with Crippen molar-refractivity contribution < 1.29 is 4.79 Å². The number of pyridine rings is 1. The fraction of sp³-hybridized carbons (Fsp3) is 0.222. The summed E-state index contributed by atoms with van der Waals surface area (Å²) in [4.78, 5) is 28.5. The van der Waals surface area contributed by atoms with Gasteiger partial charge < -0.3 is 5.32 Å². The molecule has 0 saturated carbocycles. The number of hydrogen-bond donors (Lipinski definition) is 1. The summed E-state index contributed by atoms with van der Waals surface area (Å²) in [6.07, 6.45) is 3.62. The van der Waals surface area contributed by atoms with Gasteiger partial charge in [-0.25, -0.2) is 4.68 Å². The van der Waals surface area contributed by atoms with Gasteiger partial charge in [-0.3, -0.25) is 14.6 Å². The Balaban J connectivity index is 1.98. The first-order chi connectivity index (χ1) is 12.2. The number of nitrogens with one attached hydrogen (secondary N) is 1. The van der Waals surface area contributed by atoms with Crippen molar-refractivity contribution in [2.45, 2.75) is 19.5 Å². The molecule has 6 nitrogen and oxygen atoms in total. The number of carbonyl (C=O) groups is 1. The van der Waals surface area contributed by atoms with E-state index in [1.54, 1.807) is 18.5 Å². The molecule has 128 valence electrons. The van der Waals surface area contributed by atoms with E-state index in [-0.39, 0.29) is 30.3 Å². The molecule has 3 aromatic rings. The number of rotatable bonds is 6. The molecule has 0 aliphatic heterocycles. The summed E-state index contributed by atoms with van der Waals surface area (Å²) in [6, 6.07) is 11.0. The van der Waals surface area contributed by atoms with Crippen LogP contribution in [0.5, 0.6) is 0 Å². The van der Waals surface area contributed by atoms with Gasteiger partial charge in [-0.15, -0.1) is 11.6 Å². The van der Waals surface area contributed by atoms with Crippen LogP contribution >= 0.6 is 11.6 Å². The van der Waals surface area contributed by atoms with E-state index in [2.05, 4.69) is 15.4 Å². The van der Waals surface area contributed by atoms with Crippen molar-refractivity contribution in [2.24, 2.45) is 0 Å². The van der Waals surface area contributed by atoms with Gasteiger partial charge in [-0.05, 0) is 17.7 Å². The molecule has 25 heavy (non-hydrogen) atoms. The van der Waals surface area contributed by atoms with Gasteiger partial charge in [0, 0.05) is 30.1 Å². The van der Waals surface area contributed by atoms with E-state index in [1.807, 2.05) is 30.3 Å². The standard InChI is InChI=1S/C18H17ClN4O2/c19-8-7-17(24)21-11-16-14-5-1-2-6-15(14)18(25)23(22-16)12-13-4-3-9-20-10-13/h1-6,9-10H,7-8,11-12H2,(H,21,24). The first kappa shape index (κ1) is 17.1. The third-order valence-electron chi connectivity index (χ3n) is 3.77. The molecular weight excluding hydrogens is 340 g/mol. The predicted octanol–water partition coefficient (Wildman–Crippen LogP) is 2.08. The number of aromatic nitrogens is 3. The largest absolute Gasteiger partial charge is 0.350 e. The zero-order valence-electron chi connectivity index (χ0n) is 13.5. The Morgan fingerprint density at radius 1 is 1.16 bits per heavy atom. The number of carbonyl (C=O) groups excluding carboxylic acids is 1. The maximum atomic E-state index is 12.7. The quantitative estimate of drug-likeness (QED) is 0.686. The molecule has 2 aromatic heterocycles. The molecular formula is C18H17ClN4O2. The van der Waals surface area contributed by atoms with Crippen molar-refractivity contribution in [3.05, 3.63) is 70.4 Å². The highest BCUT2D eigenvalue weighted by Gasteiger charge is 2.11. The van der Waals surface area contributed by atoms with Crippen LogP contribution in [0.2, 0.25) is 0 Å². The van der Waals surface area contributed by atoms with E-state index in [0.29, 0.717) is 17.6 Å². The van der Waals surface area contributed by atoms with Gasteiger partial charge in [0.05, 0.1) is 24.2 Å². The van der Waals surface area contributed by atoms with Crippen molar-refractivity contribution in [3.63, 3.8) is 0 Å². The zero-order chi connectivity index (χ0) is 17.6. The normalized spacial score (nSPS) is 10.8. The van der Waals surface area contributed by atoms with Gasteiger partial charge in [0.25, 0.3) is 5.56 Å². The smallest absolute Gasteiger partial charge is 0.274 e. The molecule has 0 fully saturated rings. The number of nitrogens with zero attached hydrogens (tertiary/aromatic N) is 3. The molecule has 0 bridgehead atoms. The predicted molar refractivity (Wildman–Crippen MR) is 96.5 cm³/mol. The van der Waals surface area contributed by atoms with E-state index in [9.17, 15) is 9.59 Å². The number of benzene rings is 1. The summed E-state index contributed by atoms with van der Waals surface area (Å²) in [5.74, 6) is 0.117. The zero-order valence-corrected chi connectivity index (χ0v) is 14.2. The molecule has 1 N–H and O–H groups in total. The van der Waals surface area contributed by atoms with Gasteiger partial charge in [0.1, 0.15) is 0 Å². The number of amides is 1. The minimum absolute atomic E-state index is 0.147. The van der Waals surface area contributed by atoms with Crippen molar-refractivity contribution in [1.82, 2.24) is 20.1 Å². The minimum atomic E-state index is -0.171. The fourth-order valence-corrected chi connectivity index (χ4v) is 2.74. The van der Waals surface area contributed by atoms with Crippen LogP contribution < -0.4 is 10.9 Å². The SMILES string of the molecule is O=C(CCCl)NCc1nn(Cc2cccnc2)c(=O)c2ccccc12. The number of alkyl halides is 1. The second kappa shape index (κ2) is 7.90. The van der Waals surface area contributed by atoms with Crippen LogP contribution in [0.4, 0.5) is 0 Å². The maximum Gasteiger partial charge on any atom is 0.274 e. The Hall–Kier alpha value is -2.73. The lowest BCUT2D eigenvalue weighted by atomic mass is 10.1. The third-order valence-corrected chi connectivity index (χ3v) is 3.96. The molecule has 1 aromatic carbocycles. The topological polar surface area (TPSA) is 76.9 Å². The van der Waals surface area contributed by atoms with E-state index in [4.69, 9.17) is 11.6 Å². The van der Waals surface area contributed by atoms with Crippen LogP contribution in [0, 0.1) is 0 Å². The van der Waals surface area contributed by atoms with E-state index in [0.717, 1.165) is 10.9 Å². The highest BCUT2D eigenvalue weighted by atomic mass is 35.5. The molecule has 0 saturated heterocycles. The third kappa shape index (κ3) is 4.03. The second-order valence-corrected chi connectivity index (χ2v) is 5.91. The Labute approximate surface area is 149 Å². The average Bonchev–Trinajstić information content (AvgIpc) is 2.64. The lowest BCUT2D eigenvalue weighted by Gasteiger charge is -2.11. The van der Waals surface area contributed by atoms with Crippen LogP contribution in [0.1, 0.15) is 17.7 Å². The number of halogens is 1. The lowest BCUT2D eigenvalue weighted by Crippen LogP contribution is -2.29. The number of fused-ring (bicyclic) bond motifs is 1. The van der Waals surface area contributed by atoms with Crippen molar-refractivity contribution in [1.29, 1.82) is 0 Å². The number of hydrogen-bond acceptors (Lipinski definition) is 4. The summed E-state index contributed by atoms with van der Waals surface area (Å²) in [5.41, 5.74) is 1.35. The Kier molecular flexibility index (Phi) is 5.40. The average molecular weight is 357 g/mol. The molecule has 1 amide bonds. The summed E-state index contributed by atoms with van der Waals surface area (Å²) in [5, 5.41) is 8.55. The summed E-state index contributed by atoms with van der Waals surface area (Å²) in [7, 11) is 0. The van der Waals surface area contributed by atoms with Gasteiger partial charge in [-0.2, -0.15) is 5.10 Å². The molecule has 0 atom stereocenters. The molecule has 7 heteroatoms. The molecule has 3 rings (SSSR count). The van der Waals surface area contributed by atoms with Gasteiger partial charge in [0.2, 0.25) is 5.91 Å².